The summed E-state index contributed by atoms with van der Waals surface area (Å²) >= 11 is 5.94. The van der Waals surface area contributed by atoms with Crippen LogP contribution >= 0.6 is 11.6 Å². The van der Waals surface area contributed by atoms with E-state index in [9.17, 15) is 5.21 Å². The number of pyridine rings is 1. The number of hydroxylamine groups is 3. The second-order valence-corrected chi connectivity index (χ2v) is 5.88. The van der Waals surface area contributed by atoms with E-state index < -0.39 is 0 Å². The van der Waals surface area contributed by atoms with Crippen molar-refractivity contribution in [3.63, 3.8) is 0 Å². The summed E-state index contributed by atoms with van der Waals surface area (Å²) in [6.07, 6.45) is 2.55. The molecule has 0 amide bonds. The van der Waals surface area contributed by atoms with E-state index in [1.165, 1.54) is 0 Å². The molecule has 4 heteroatoms. The zero-order chi connectivity index (χ0) is 14.6. The first-order chi connectivity index (χ1) is 9.46. The van der Waals surface area contributed by atoms with Crippen LogP contribution in [0.2, 0.25) is 5.02 Å². The molecule has 0 radical (unpaired) electrons. The predicted molar refractivity (Wildman–Crippen MR) is 82.5 cm³/mol. The molecule has 0 N–H and O–H groups in total. The van der Waals surface area contributed by atoms with E-state index in [1.807, 2.05) is 42.5 Å². The van der Waals surface area contributed by atoms with E-state index in [-0.39, 0.29) is 10.6 Å². The van der Waals surface area contributed by atoms with Crippen molar-refractivity contribution < 1.29 is 4.65 Å². The van der Waals surface area contributed by atoms with Crippen LogP contribution in [0.5, 0.6) is 0 Å². The molecular weight excluding hydrogens is 272 g/mol. The lowest BCUT2D eigenvalue weighted by Gasteiger charge is -2.35. The van der Waals surface area contributed by atoms with Gasteiger partial charge >= 0.3 is 0 Å². The normalized spacial score (nSPS) is 13.2. The summed E-state index contributed by atoms with van der Waals surface area (Å²) < 4.78 is -0.295. The maximum Gasteiger partial charge on any atom is 0.0789 e. The van der Waals surface area contributed by atoms with Crippen molar-refractivity contribution in [2.45, 2.75) is 12.3 Å². The molecule has 2 rings (SSSR count). The molecule has 1 unspecified atom stereocenters. The SMILES string of the molecule is C[N+](C)([O-])CCC(c1ccc(Cl)cc1)c1ccccn1. The predicted octanol–water partition coefficient (Wildman–Crippen LogP) is 3.83. The first-order valence-corrected chi connectivity index (χ1v) is 7.04. The molecule has 0 saturated carbocycles. The number of halogens is 1. The number of hydrogen-bond acceptors (Lipinski definition) is 2. The maximum absolute atomic E-state index is 11.8. The summed E-state index contributed by atoms with van der Waals surface area (Å²) in [6, 6.07) is 13.6. The first kappa shape index (κ1) is 15.0. The highest BCUT2D eigenvalue weighted by atomic mass is 35.5. The second-order valence-electron chi connectivity index (χ2n) is 5.44. The van der Waals surface area contributed by atoms with Crippen molar-refractivity contribution in [1.29, 1.82) is 0 Å². The molecule has 1 aromatic heterocycles. The minimum absolute atomic E-state index is 0.125. The number of quaternary nitrogens is 1. The lowest BCUT2D eigenvalue weighted by atomic mass is 9.92. The molecule has 0 bridgehead atoms. The molecule has 0 saturated heterocycles. The van der Waals surface area contributed by atoms with Gasteiger partial charge in [0.1, 0.15) is 0 Å². The van der Waals surface area contributed by atoms with Crippen LogP contribution in [-0.2, 0) is 0 Å². The third kappa shape index (κ3) is 4.30. The van der Waals surface area contributed by atoms with E-state index in [4.69, 9.17) is 11.6 Å². The van der Waals surface area contributed by atoms with Crippen molar-refractivity contribution in [2.24, 2.45) is 0 Å². The largest absolute Gasteiger partial charge is 0.633 e. The Hall–Kier alpha value is -1.42. The van der Waals surface area contributed by atoms with Crippen LogP contribution in [0.4, 0.5) is 0 Å². The fourth-order valence-electron chi connectivity index (χ4n) is 2.20. The molecule has 106 valence electrons. The number of aromatic nitrogens is 1. The summed E-state index contributed by atoms with van der Waals surface area (Å²) in [4.78, 5) is 4.44. The van der Waals surface area contributed by atoms with Gasteiger partial charge in [-0.1, -0.05) is 29.8 Å². The van der Waals surface area contributed by atoms with Crippen LogP contribution in [0.25, 0.3) is 0 Å². The first-order valence-electron chi connectivity index (χ1n) is 6.66. The Morgan fingerprint density at radius 2 is 1.85 bits per heavy atom. The molecule has 1 atom stereocenters. The van der Waals surface area contributed by atoms with Crippen LogP contribution < -0.4 is 0 Å². The van der Waals surface area contributed by atoms with Crippen molar-refractivity contribution in [1.82, 2.24) is 4.98 Å². The van der Waals surface area contributed by atoms with Gasteiger partial charge in [0.25, 0.3) is 0 Å². The summed E-state index contributed by atoms with van der Waals surface area (Å²) in [6.45, 7) is 0.546. The number of nitrogens with zero attached hydrogens (tertiary/aromatic N) is 2. The van der Waals surface area contributed by atoms with Crippen LogP contribution in [0.3, 0.4) is 0 Å². The average Bonchev–Trinajstić information content (AvgIpc) is 2.41. The van der Waals surface area contributed by atoms with Crippen molar-refractivity contribution >= 4 is 11.6 Å². The minimum atomic E-state index is -0.295. The van der Waals surface area contributed by atoms with Gasteiger partial charge in [-0.25, -0.2) is 0 Å². The topological polar surface area (TPSA) is 36.0 Å². The molecule has 3 nitrogen and oxygen atoms in total. The Labute approximate surface area is 125 Å². The van der Waals surface area contributed by atoms with Gasteiger partial charge in [0, 0.05) is 29.3 Å². The highest BCUT2D eigenvalue weighted by Gasteiger charge is 2.18. The minimum Gasteiger partial charge on any atom is -0.633 e. The van der Waals surface area contributed by atoms with Gasteiger partial charge < -0.3 is 9.85 Å². The van der Waals surface area contributed by atoms with Crippen molar-refractivity contribution in [3.05, 3.63) is 70.1 Å². The van der Waals surface area contributed by atoms with Gasteiger partial charge in [0.2, 0.25) is 0 Å². The lowest BCUT2D eigenvalue weighted by molar-refractivity contribution is -0.840. The summed E-state index contributed by atoms with van der Waals surface area (Å²) in [5.41, 5.74) is 2.13. The zero-order valence-electron chi connectivity index (χ0n) is 11.8. The maximum atomic E-state index is 11.8. The van der Waals surface area contributed by atoms with Crippen molar-refractivity contribution in [2.75, 3.05) is 20.6 Å². The molecule has 1 aromatic carbocycles. The van der Waals surface area contributed by atoms with Gasteiger partial charge in [-0.05, 0) is 29.8 Å². The molecule has 2 aromatic rings. The molecular formula is C16H19ClN2O. The van der Waals surface area contributed by atoms with E-state index >= 15 is 0 Å². The van der Waals surface area contributed by atoms with Crippen molar-refractivity contribution in [3.8, 4) is 0 Å². The molecule has 0 fully saturated rings. The van der Waals surface area contributed by atoms with Crippen LogP contribution in [0, 0.1) is 5.21 Å². The highest BCUT2D eigenvalue weighted by molar-refractivity contribution is 6.30. The van der Waals surface area contributed by atoms with Gasteiger partial charge in [-0.15, -0.1) is 0 Å². The Kier molecular flexibility index (Phi) is 4.76. The molecule has 0 aliphatic heterocycles. The third-order valence-corrected chi connectivity index (χ3v) is 3.53. The van der Waals surface area contributed by atoms with Gasteiger partial charge in [0.15, 0.2) is 0 Å². The van der Waals surface area contributed by atoms with Gasteiger partial charge in [0.05, 0.1) is 20.6 Å². The van der Waals surface area contributed by atoms with Crippen LogP contribution in [-0.4, -0.2) is 30.3 Å². The number of rotatable bonds is 5. The van der Waals surface area contributed by atoms with Gasteiger partial charge in [-0.3, -0.25) is 4.98 Å². The molecule has 0 aliphatic rings. The van der Waals surface area contributed by atoms with Crippen LogP contribution in [0.15, 0.2) is 48.7 Å². The molecule has 1 heterocycles. The fraction of sp³-hybridized carbons (Fsp3) is 0.312. The molecule has 0 aliphatic carbocycles. The Morgan fingerprint density at radius 1 is 1.15 bits per heavy atom. The highest BCUT2D eigenvalue weighted by Crippen LogP contribution is 2.28. The molecule has 0 spiro atoms. The summed E-state index contributed by atoms with van der Waals surface area (Å²) in [5, 5.41) is 12.5. The second kappa shape index (κ2) is 6.35. The van der Waals surface area contributed by atoms with Crippen LogP contribution in [0.1, 0.15) is 23.6 Å². The molecule has 20 heavy (non-hydrogen) atoms. The number of benzene rings is 1. The Bertz CT molecular complexity index is 535. The summed E-state index contributed by atoms with van der Waals surface area (Å²) in [7, 11) is 3.33. The third-order valence-electron chi connectivity index (χ3n) is 3.27. The van der Waals surface area contributed by atoms with E-state index in [0.29, 0.717) is 11.6 Å². The Balaban J connectivity index is 2.27. The van der Waals surface area contributed by atoms with E-state index in [0.717, 1.165) is 17.7 Å². The smallest absolute Gasteiger partial charge is 0.0789 e. The summed E-state index contributed by atoms with van der Waals surface area (Å²) in [5.74, 6) is 0.125. The standard InChI is InChI=1S/C16H19ClN2O/c1-19(2,20)12-10-15(16-5-3-4-11-18-16)13-6-8-14(17)9-7-13/h3-9,11,15H,10,12H2,1-2H3. The Morgan fingerprint density at radius 3 is 2.40 bits per heavy atom. The monoisotopic (exact) mass is 290 g/mol. The van der Waals surface area contributed by atoms with E-state index in [1.54, 1.807) is 20.3 Å². The fourth-order valence-corrected chi connectivity index (χ4v) is 2.33. The quantitative estimate of drug-likeness (QED) is 0.620. The van der Waals surface area contributed by atoms with Gasteiger partial charge in [-0.2, -0.15) is 0 Å². The number of hydrogen-bond donors (Lipinski definition) is 0. The average molecular weight is 291 g/mol. The van der Waals surface area contributed by atoms with E-state index in [2.05, 4.69) is 4.98 Å². The lowest BCUT2D eigenvalue weighted by Crippen LogP contribution is -2.34. The zero-order valence-corrected chi connectivity index (χ0v) is 12.5.